The minimum atomic E-state index is 0. The van der Waals surface area contributed by atoms with Gasteiger partial charge in [0.1, 0.15) is 0 Å². The van der Waals surface area contributed by atoms with Gasteiger partial charge in [-0.2, -0.15) is 0 Å². The second-order valence-electron chi connectivity index (χ2n) is 0.144. The third-order valence-electron chi connectivity index (χ3n) is 0. The first-order chi connectivity index (χ1) is 1.41. The van der Waals surface area contributed by atoms with Gasteiger partial charge in [-0.25, -0.2) is 0 Å². The van der Waals surface area contributed by atoms with Gasteiger partial charge in [0.15, 0.2) is 0 Å². The van der Waals surface area contributed by atoms with Crippen LogP contribution in [0.4, 0.5) is 0 Å². The average Bonchev–Trinajstić information content (AvgIpc) is 0.918. The Morgan fingerprint density at radius 1 is 0.875 bits per heavy atom. The third-order valence-corrected chi connectivity index (χ3v) is 0. The molecule has 5 radical (unpaired) electrons. The summed E-state index contributed by atoms with van der Waals surface area (Å²) in [5, 5.41) is 0. The Labute approximate surface area is 117 Å². The predicted molar refractivity (Wildman–Crippen MR) is 26.3 cm³/mol. The summed E-state index contributed by atoms with van der Waals surface area (Å²) in [7, 11) is 6.50. The van der Waals surface area contributed by atoms with Crippen molar-refractivity contribution in [2.45, 2.75) is 0 Å². The molecule has 2 atom stereocenters. The molecule has 0 aliphatic rings. The number of hydrogen-bond donors (Lipinski definition) is 0. The van der Waals surface area contributed by atoms with Gasteiger partial charge in [-0.3, -0.25) is 7.96 Å². The third kappa shape index (κ3) is 48.8. The van der Waals surface area contributed by atoms with E-state index in [4.69, 9.17) is 0 Å². The monoisotopic (exact) mass is 352 g/mol. The molecule has 0 bridgehead atoms. The largest absolute Gasteiger partial charge is 0.525 e. The second kappa shape index (κ2) is 43.0. The van der Waals surface area contributed by atoms with Crippen LogP contribution in [0, 0.1) is 0 Å². The normalized spacial score (nSPS) is 3.75. The quantitative estimate of drug-likeness (QED) is 0.580. The molecule has 45 valence electrons. The van der Waals surface area contributed by atoms with Gasteiger partial charge in [0.25, 0.3) is 0 Å². The zero-order chi connectivity index (χ0) is 2.71. The van der Waals surface area contributed by atoms with Crippen molar-refractivity contribution in [2.75, 3.05) is 0 Å². The van der Waals surface area contributed by atoms with Gasteiger partial charge in [0, 0.05) is 92.8 Å². The van der Waals surface area contributed by atoms with E-state index < -0.39 is 0 Å². The van der Waals surface area contributed by atoms with Crippen LogP contribution in [-0.4, -0.2) is 0 Å². The van der Waals surface area contributed by atoms with Gasteiger partial charge in [-0.05, 0) is 0 Å². The fraction of sp³-hybridized carbons (Fsp3) is 0. The van der Waals surface area contributed by atoms with E-state index in [9.17, 15) is 0 Å². The van der Waals surface area contributed by atoms with Crippen molar-refractivity contribution >= 4 is 25.8 Å². The van der Waals surface area contributed by atoms with Gasteiger partial charge < -0.3 is 8.93 Å². The minimum Gasteiger partial charge on any atom is -0.525 e. The van der Waals surface area contributed by atoms with Crippen LogP contribution in [0.3, 0.4) is 0 Å². The SMILES string of the molecule is [PH-]PP.[V].[V].[V].[V].[V]. The summed E-state index contributed by atoms with van der Waals surface area (Å²) in [4.78, 5) is 0. The van der Waals surface area contributed by atoms with Crippen LogP contribution < -0.4 is 0 Å². The summed E-state index contributed by atoms with van der Waals surface area (Å²) in [5.41, 5.74) is 0. The van der Waals surface area contributed by atoms with E-state index >= 15 is 0 Å². The van der Waals surface area contributed by atoms with Gasteiger partial charge in [0.2, 0.25) is 0 Å². The second-order valence-corrected chi connectivity index (χ2v) is 3.90. The van der Waals surface area contributed by atoms with Crippen LogP contribution in [0.2, 0.25) is 0 Å². The molecule has 0 aliphatic heterocycles. The first-order valence-corrected chi connectivity index (χ1v) is 4.85. The van der Waals surface area contributed by atoms with Crippen LogP contribution in [0.1, 0.15) is 0 Å². The Hall–Kier alpha value is 4.21. The van der Waals surface area contributed by atoms with E-state index in [-0.39, 0.29) is 92.8 Å². The van der Waals surface area contributed by atoms with Crippen LogP contribution in [-0.2, 0) is 92.8 Å². The molecule has 0 aromatic heterocycles. The van der Waals surface area contributed by atoms with Gasteiger partial charge >= 0.3 is 0 Å². The molecule has 0 rings (SSSR count). The van der Waals surface area contributed by atoms with Crippen LogP contribution in [0.25, 0.3) is 0 Å². The maximum absolute atomic E-state index is 3.17. The van der Waals surface area contributed by atoms with Crippen molar-refractivity contribution in [3.05, 3.63) is 0 Å². The van der Waals surface area contributed by atoms with Crippen LogP contribution in [0.5, 0.6) is 0 Å². The van der Waals surface area contributed by atoms with Crippen LogP contribution in [0.15, 0.2) is 0 Å². The molecule has 0 fully saturated rings. The molecule has 0 spiro atoms. The standard InChI is InChI=1S/H4P3.5V/c1-3-2;;;;;/h1,3H,2H2;;;;;/q-1;;;;;. The van der Waals surface area contributed by atoms with Crippen molar-refractivity contribution in [3.8, 4) is 0 Å². The van der Waals surface area contributed by atoms with E-state index in [2.05, 4.69) is 17.9 Å². The molecule has 0 amide bonds. The molecular weight excluding hydrogens is 348 g/mol. The minimum absolute atomic E-state index is 0. The summed E-state index contributed by atoms with van der Waals surface area (Å²) in [6.07, 6.45) is 0. The molecule has 8 heteroatoms. The van der Waals surface area contributed by atoms with E-state index in [1.165, 1.54) is 0 Å². The van der Waals surface area contributed by atoms with Crippen molar-refractivity contribution in [2.24, 2.45) is 0 Å². The molecule has 2 unspecified atom stereocenters. The molecule has 0 N–H and O–H groups in total. The van der Waals surface area contributed by atoms with Crippen molar-refractivity contribution in [1.29, 1.82) is 0 Å². The van der Waals surface area contributed by atoms with Crippen molar-refractivity contribution < 1.29 is 92.8 Å². The Morgan fingerprint density at radius 3 is 0.875 bits per heavy atom. The summed E-state index contributed by atoms with van der Waals surface area (Å²) in [6.45, 7) is 0. The summed E-state index contributed by atoms with van der Waals surface area (Å²) < 4.78 is 0. The molecule has 0 nitrogen and oxygen atoms in total. The molecule has 8 heavy (non-hydrogen) atoms. The molecule has 0 aliphatic carbocycles. The molecule has 0 saturated carbocycles. The first-order valence-electron chi connectivity index (χ1n) is 0.539. The maximum atomic E-state index is 3.17. The zero-order valence-electron chi connectivity index (χ0n) is 3.81. The van der Waals surface area contributed by atoms with Crippen LogP contribution >= 0.6 is 25.8 Å². The van der Waals surface area contributed by atoms with Gasteiger partial charge in [-0.15, -0.1) is 8.93 Å². The summed E-state index contributed by atoms with van der Waals surface area (Å²) in [6, 6.07) is 0. The number of hydrogen-bond acceptors (Lipinski definition) is 0. The van der Waals surface area contributed by atoms with Gasteiger partial charge in [-0.1, -0.05) is 0 Å². The Morgan fingerprint density at radius 2 is 0.875 bits per heavy atom. The van der Waals surface area contributed by atoms with E-state index in [1.807, 2.05) is 0 Å². The fourth-order valence-electron chi connectivity index (χ4n) is 0. The molecule has 0 aromatic rings. The Bertz CT molecular complexity index is 7.64. The zero-order valence-corrected chi connectivity index (χ0v) is 14.0. The molecule has 0 heterocycles. The topological polar surface area (TPSA) is 0 Å². The summed E-state index contributed by atoms with van der Waals surface area (Å²) in [5.74, 6) is 0. The van der Waals surface area contributed by atoms with E-state index in [0.717, 1.165) is 7.96 Å². The van der Waals surface area contributed by atoms with Crippen molar-refractivity contribution in [1.82, 2.24) is 0 Å². The maximum Gasteiger partial charge on any atom is 0 e. The summed E-state index contributed by atoms with van der Waals surface area (Å²) >= 11 is 0. The fourth-order valence-corrected chi connectivity index (χ4v) is 0. The first kappa shape index (κ1) is 39.8. The predicted octanol–water partition coefficient (Wildman–Crippen LogP) is 1.50. The van der Waals surface area contributed by atoms with E-state index in [0.29, 0.717) is 0 Å². The van der Waals surface area contributed by atoms with Crippen molar-refractivity contribution in [3.63, 3.8) is 0 Å². The average molecular weight is 352 g/mol. The Balaban J connectivity index is -0.00000000200. The molecular formula is H4P3V5-. The smallest absolute Gasteiger partial charge is 0 e. The van der Waals surface area contributed by atoms with E-state index in [1.54, 1.807) is 0 Å². The Kier molecular flexibility index (Phi) is 214. The molecule has 0 saturated heterocycles. The van der Waals surface area contributed by atoms with Gasteiger partial charge in [0.05, 0.1) is 0 Å². The molecule has 0 aromatic carbocycles. The number of rotatable bonds is 0.